The SMILES string of the molecule is Fc1ccc(-c2csc(N/N=C/c3cccc4ccccc34)n2)c(F)c1. The minimum absolute atomic E-state index is 0.258. The molecule has 0 spiro atoms. The third-order valence-electron chi connectivity index (χ3n) is 3.90. The van der Waals surface area contributed by atoms with E-state index in [1.165, 1.54) is 23.5 Å². The van der Waals surface area contributed by atoms with Crippen molar-refractivity contribution in [1.82, 2.24) is 4.98 Å². The van der Waals surface area contributed by atoms with E-state index in [1.54, 1.807) is 11.6 Å². The van der Waals surface area contributed by atoms with E-state index in [2.05, 4.69) is 15.5 Å². The van der Waals surface area contributed by atoms with Gasteiger partial charge in [-0.2, -0.15) is 5.10 Å². The van der Waals surface area contributed by atoms with Crippen LogP contribution in [0.25, 0.3) is 22.0 Å². The molecule has 0 aliphatic rings. The smallest absolute Gasteiger partial charge is 0.203 e. The number of benzene rings is 3. The fraction of sp³-hybridized carbons (Fsp3) is 0. The van der Waals surface area contributed by atoms with Crippen molar-refractivity contribution in [3.63, 3.8) is 0 Å². The molecular weight excluding hydrogens is 352 g/mol. The van der Waals surface area contributed by atoms with E-state index in [4.69, 9.17) is 0 Å². The molecule has 3 aromatic carbocycles. The monoisotopic (exact) mass is 365 g/mol. The van der Waals surface area contributed by atoms with E-state index in [9.17, 15) is 8.78 Å². The normalized spacial score (nSPS) is 11.3. The zero-order valence-electron chi connectivity index (χ0n) is 13.5. The van der Waals surface area contributed by atoms with E-state index < -0.39 is 11.6 Å². The Balaban J connectivity index is 1.53. The highest BCUT2D eigenvalue weighted by Gasteiger charge is 2.10. The second-order valence-electron chi connectivity index (χ2n) is 5.60. The third-order valence-corrected chi connectivity index (χ3v) is 4.65. The molecule has 0 bridgehead atoms. The summed E-state index contributed by atoms with van der Waals surface area (Å²) in [5.74, 6) is -1.25. The zero-order chi connectivity index (χ0) is 17.9. The summed E-state index contributed by atoms with van der Waals surface area (Å²) in [6, 6.07) is 17.5. The molecule has 0 fully saturated rings. The van der Waals surface area contributed by atoms with Crippen LogP contribution in [0.5, 0.6) is 0 Å². The van der Waals surface area contributed by atoms with Crippen LogP contribution in [0.2, 0.25) is 0 Å². The number of aromatic nitrogens is 1. The predicted octanol–water partition coefficient (Wildman–Crippen LogP) is 5.69. The number of nitrogens with zero attached hydrogens (tertiary/aromatic N) is 2. The highest BCUT2D eigenvalue weighted by atomic mass is 32.1. The third kappa shape index (κ3) is 3.32. The van der Waals surface area contributed by atoms with E-state index in [0.717, 1.165) is 22.4 Å². The second kappa shape index (κ2) is 7.01. The number of nitrogens with one attached hydrogen (secondary N) is 1. The minimum Gasteiger partial charge on any atom is -0.253 e. The first-order chi connectivity index (χ1) is 12.7. The zero-order valence-corrected chi connectivity index (χ0v) is 14.3. The number of hydrazone groups is 1. The van der Waals surface area contributed by atoms with Crippen molar-refractivity contribution in [2.75, 3.05) is 5.43 Å². The Morgan fingerprint density at radius 2 is 1.85 bits per heavy atom. The number of fused-ring (bicyclic) bond motifs is 1. The van der Waals surface area contributed by atoms with Gasteiger partial charge in [0.15, 0.2) is 0 Å². The lowest BCUT2D eigenvalue weighted by Crippen LogP contribution is -1.92. The first-order valence-corrected chi connectivity index (χ1v) is 8.76. The maximum absolute atomic E-state index is 13.8. The molecule has 4 aromatic rings. The highest BCUT2D eigenvalue weighted by Crippen LogP contribution is 2.27. The molecule has 1 N–H and O–H groups in total. The molecule has 0 amide bonds. The summed E-state index contributed by atoms with van der Waals surface area (Å²) >= 11 is 1.30. The average molecular weight is 365 g/mol. The van der Waals surface area contributed by atoms with Crippen LogP contribution in [-0.4, -0.2) is 11.2 Å². The number of anilines is 1. The van der Waals surface area contributed by atoms with E-state index in [1.807, 2.05) is 42.5 Å². The Kier molecular flexibility index (Phi) is 4.41. The van der Waals surface area contributed by atoms with Gasteiger partial charge in [-0.3, -0.25) is 5.43 Å². The quantitative estimate of drug-likeness (QED) is 0.373. The van der Waals surface area contributed by atoms with Gasteiger partial charge >= 0.3 is 0 Å². The van der Waals surface area contributed by atoms with Crippen LogP contribution in [0.4, 0.5) is 13.9 Å². The van der Waals surface area contributed by atoms with Crippen LogP contribution in [0.1, 0.15) is 5.56 Å². The van der Waals surface area contributed by atoms with Gasteiger partial charge in [0.1, 0.15) is 11.6 Å². The van der Waals surface area contributed by atoms with Crippen molar-refractivity contribution >= 4 is 33.5 Å². The Morgan fingerprint density at radius 1 is 1.00 bits per heavy atom. The van der Waals surface area contributed by atoms with Crippen LogP contribution in [0.3, 0.4) is 0 Å². The molecule has 0 unspecified atom stereocenters. The van der Waals surface area contributed by atoms with Gasteiger partial charge in [0, 0.05) is 22.6 Å². The van der Waals surface area contributed by atoms with Gasteiger partial charge in [-0.1, -0.05) is 42.5 Å². The molecule has 26 heavy (non-hydrogen) atoms. The molecule has 128 valence electrons. The lowest BCUT2D eigenvalue weighted by molar-refractivity contribution is 0.585. The molecule has 3 nitrogen and oxygen atoms in total. The molecule has 0 saturated carbocycles. The summed E-state index contributed by atoms with van der Waals surface area (Å²) < 4.78 is 26.9. The standard InChI is InChI=1S/C20H13F2N3S/c21-15-8-9-17(18(22)10-15)19-12-26-20(24-19)25-23-11-14-6-3-5-13-4-1-2-7-16(13)14/h1-12H,(H,24,25)/b23-11+. The fourth-order valence-corrected chi connectivity index (χ4v) is 3.33. The maximum Gasteiger partial charge on any atom is 0.203 e. The van der Waals surface area contributed by atoms with Crippen LogP contribution in [0, 0.1) is 11.6 Å². The summed E-state index contributed by atoms with van der Waals surface area (Å²) in [5.41, 5.74) is 4.54. The summed E-state index contributed by atoms with van der Waals surface area (Å²) in [4.78, 5) is 4.30. The van der Waals surface area contributed by atoms with Gasteiger partial charge in [-0.05, 0) is 22.9 Å². The lowest BCUT2D eigenvalue weighted by atomic mass is 10.1. The number of thiazole rings is 1. The van der Waals surface area contributed by atoms with Gasteiger partial charge in [0.25, 0.3) is 0 Å². The van der Waals surface area contributed by atoms with E-state index in [0.29, 0.717) is 10.8 Å². The number of hydrogen-bond acceptors (Lipinski definition) is 4. The molecule has 4 rings (SSSR count). The van der Waals surface area contributed by atoms with Crippen molar-refractivity contribution in [3.8, 4) is 11.3 Å². The highest BCUT2D eigenvalue weighted by molar-refractivity contribution is 7.14. The first-order valence-electron chi connectivity index (χ1n) is 7.88. The van der Waals surface area contributed by atoms with E-state index >= 15 is 0 Å². The van der Waals surface area contributed by atoms with E-state index in [-0.39, 0.29) is 5.56 Å². The number of halogens is 2. The van der Waals surface area contributed by atoms with Crippen molar-refractivity contribution in [1.29, 1.82) is 0 Å². The Labute approximate surface area is 152 Å². The number of rotatable bonds is 4. The van der Waals surface area contributed by atoms with Gasteiger partial charge in [-0.25, -0.2) is 13.8 Å². The molecule has 0 saturated heterocycles. The summed E-state index contributed by atoms with van der Waals surface area (Å²) in [5, 5.41) is 8.70. The summed E-state index contributed by atoms with van der Waals surface area (Å²) in [7, 11) is 0. The molecule has 0 atom stereocenters. The Hall–Kier alpha value is -3.12. The van der Waals surface area contributed by atoms with Crippen LogP contribution in [0.15, 0.2) is 71.1 Å². The molecule has 1 aromatic heterocycles. The van der Waals surface area contributed by atoms with Crippen LogP contribution in [-0.2, 0) is 0 Å². The molecule has 0 aliphatic carbocycles. The second-order valence-corrected chi connectivity index (χ2v) is 6.46. The van der Waals surface area contributed by atoms with Crippen LogP contribution >= 0.6 is 11.3 Å². The molecule has 1 heterocycles. The number of hydrogen-bond donors (Lipinski definition) is 1. The maximum atomic E-state index is 13.8. The van der Waals surface area contributed by atoms with Crippen LogP contribution < -0.4 is 5.43 Å². The fourth-order valence-electron chi connectivity index (χ4n) is 2.67. The topological polar surface area (TPSA) is 37.3 Å². The molecule has 0 radical (unpaired) electrons. The minimum atomic E-state index is -0.638. The van der Waals surface area contributed by atoms with Crippen molar-refractivity contribution in [2.24, 2.45) is 5.10 Å². The molecule has 6 heteroatoms. The average Bonchev–Trinajstić information content (AvgIpc) is 3.10. The van der Waals surface area contributed by atoms with Crippen molar-refractivity contribution < 1.29 is 8.78 Å². The van der Waals surface area contributed by atoms with Crippen molar-refractivity contribution in [3.05, 3.63) is 83.2 Å². The Bertz CT molecular complexity index is 1100. The largest absolute Gasteiger partial charge is 0.253 e. The summed E-state index contributed by atoms with van der Waals surface area (Å²) in [6.07, 6.45) is 1.72. The lowest BCUT2D eigenvalue weighted by Gasteiger charge is -2.01. The first kappa shape index (κ1) is 16.4. The van der Waals surface area contributed by atoms with Crippen molar-refractivity contribution in [2.45, 2.75) is 0 Å². The van der Waals surface area contributed by atoms with Gasteiger partial charge < -0.3 is 0 Å². The Morgan fingerprint density at radius 3 is 2.73 bits per heavy atom. The predicted molar refractivity (Wildman–Crippen MR) is 103 cm³/mol. The molecule has 0 aliphatic heterocycles. The molecular formula is C20H13F2N3S. The van der Waals surface area contributed by atoms with Gasteiger partial charge in [-0.15, -0.1) is 11.3 Å². The summed E-state index contributed by atoms with van der Waals surface area (Å²) in [6.45, 7) is 0. The van der Waals surface area contributed by atoms with Gasteiger partial charge in [0.2, 0.25) is 5.13 Å². The van der Waals surface area contributed by atoms with Gasteiger partial charge in [0.05, 0.1) is 11.9 Å².